The van der Waals surface area contributed by atoms with Gasteiger partial charge in [-0.25, -0.2) is 9.97 Å². The molecule has 0 aromatic carbocycles. The number of aromatic nitrogens is 3. The number of nitrogens with zero attached hydrogens (tertiary/aromatic N) is 5. The summed E-state index contributed by atoms with van der Waals surface area (Å²) in [4.78, 5) is 50.9. The molecule has 2 aromatic heterocycles. The van der Waals surface area contributed by atoms with E-state index in [1.54, 1.807) is 11.1 Å². The Bertz CT molecular complexity index is 1100. The number of carbonyl (C=O) groups excluding carboxylic acids is 3. The number of fused-ring (bicyclic) bond motifs is 5. The molecule has 9 heteroatoms. The first kappa shape index (κ1) is 20.5. The van der Waals surface area contributed by atoms with Gasteiger partial charge in [-0.15, -0.1) is 0 Å². The zero-order valence-corrected chi connectivity index (χ0v) is 18.6. The summed E-state index contributed by atoms with van der Waals surface area (Å²) in [6.07, 6.45) is 8.00. The average molecular weight is 450 g/mol. The van der Waals surface area contributed by atoms with Gasteiger partial charge in [-0.2, -0.15) is 0 Å². The Morgan fingerprint density at radius 1 is 1.15 bits per heavy atom. The third-order valence-electron chi connectivity index (χ3n) is 8.11. The van der Waals surface area contributed by atoms with E-state index in [4.69, 9.17) is 4.52 Å². The van der Waals surface area contributed by atoms with Crippen molar-refractivity contribution in [2.24, 2.45) is 23.7 Å². The minimum absolute atomic E-state index is 0.0197. The van der Waals surface area contributed by atoms with E-state index in [-0.39, 0.29) is 42.0 Å². The number of hydrogen-bond acceptors (Lipinski definition) is 7. The lowest BCUT2D eigenvalue weighted by Gasteiger charge is -2.34. The molecule has 0 unspecified atom stereocenters. The quantitative estimate of drug-likeness (QED) is 0.658. The predicted octanol–water partition coefficient (Wildman–Crippen LogP) is 2.18. The number of carbonyl (C=O) groups is 3. The van der Waals surface area contributed by atoms with Crippen molar-refractivity contribution in [2.45, 2.75) is 44.9 Å². The molecule has 2 saturated carbocycles. The zero-order valence-electron chi connectivity index (χ0n) is 18.6. The van der Waals surface area contributed by atoms with Crippen LogP contribution in [0.4, 0.5) is 0 Å². The Balaban J connectivity index is 1.18. The van der Waals surface area contributed by atoms with Crippen molar-refractivity contribution >= 4 is 17.7 Å². The van der Waals surface area contributed by atoms with Crippen LogP contribution in [0.25, 0.3) is 11.3 Å². The Morgan fingerprint density at radius 2 is 1.91 bits per heavy atom. The molecule has 2 aliphatic carbocycles. The second kappa shape index (κ2) is 7.74. The number of rotatable bonds is 4. The summed E-state index contributed by atoms with van der Waals surface area (Å²) in [7, 11) is 0. The van der Waals surface area contributed by atoms with Gasteiger partial charge in [-0.1, -0.05) is 5.16 Å². The summed E-state index contributed by atoms with van der Waals surface area (Å²) < 4.78 is 5.43. The summed E-state index contributed by atoms with van der Waals surface area (Å²) in [5.41, 5.74) is 2.39. The molecule has 33 heavy (non-hydrogen) atoms. The number of imide groups is 1. The second-order valence-electron chi connectivity index (χ2n) is 9.98. The maximum absolute atomic E-state index is 13.2. The molecule has 5 atom stereocenters. The van der Waals surface area contributed by atoms with E-state index < -0.39 is 0 Å². The molecule has 2 bridgehead atoms. The average Bonchev–Trinajstić information content (AvgIpc) is 3.61. The van der Waals surface area contributed by atoms with Crippen molar-refractivity contribution < 1.29 is 18.9 Å². The highest BCUT2D eigenvalue weighted by atomic mass is 16.5. The Labute approximate surface area is 191 Å². The summed E-state index contributed by atoms with van der Waals surface area (Å²) in [5.74, 6) is 0.487. The standard InChI is InChI=1S/C24H27N5O4/c1-13-7-18(33-27-13)17-9-25-12-26-22(17)16-3-2-6-28(10-16)19(30)11-29-23(31)20-14-4-5-15(8-14)21(20)24(29)32/h7,9,12,14-16,20-21H,2-6,8,10-11H2,1H3/t14-,15-,16+,20+,21+/m0/s1. The highest BCUT2D eigenvalue weighted by Crippen LogP contribution is 2.56. The van der Waals surface area contributed by atoms with Crippen LogP contribution >= 0.6 is 0 Å². The number of hydrogen-bond donors (Lipinski definition) is 0. The summed E-state index contributed by atoms with van der Waals surface area (Å²) in [6.45, 7) is 2.82. The van der Waals surface area contributed by atoms with Crippen molar-refractivity contribution in [1.82, 2.24) is 24.9 Å². The van der Waals surface area contributed by atoms with Gasteiger partial charge >= 0.3 is 0 Å². The van der Waals surface area contributed by atoms with Gasteiger partial charge in [0, 0.05) is 31.3 Å². The first-order valence-corrected chi connectivity index (χ1v) is 11.9. The number of aryl methyl sites for hydroxylation is 1. The van der Waals surface area contributed by atoms with Gasteiger partial charge in [-0.05, 0) is 50.9 Å². The van der Waals surface area contributed by atoms with Gasteiger partial charge in [-0.3, -0.25) is 19.3 Å². The summed E-state index contributed by atoms with van der Waals surface area (Å²) in [6, 6.07) is 1.85. The van der Waals surface area contributed by atoms with Crippen molar-refractivity contribution in [3.8, 4) is 11.3 Å². The molecule has 2 saturated heterocycles. The smallest absolute Gasteiger partial charge is 0.242 e. The van der Waals surface area contributed by atoms with E-state index >= 15 is 0 Å². The van der Waals surface area contributed by atoms with Gasteiger partial charge < -0.3 is 9.42 Å². The molecule has 4 fully saturated rings. The van der Waals surface area contributed by atoms with Crippen LogP contribution in [0.1, 0.15) is 49.4 Å². The molecule has 0 N–H and O–H groups in total. The van der Waals surface area contributed by atoms with Crippen molar-refractivity contribution in [3.05, 3.63) is 30.0 Å². The highest BCUT2D eigenvalue weighted by molar-refractivity contribution is 6.08. The lowest BCUT2D eigenvalue weighted by atomic mass is 9.81. The molecule has 9 nitrogen and oxygen atoms in total. The Morgan fingerprint density at radius 3 is 2.61 bits per heavy atom. The van der Waals surface area contributed by atoms with Crippen LogP contribution < -0.4 is 0 Å². The minimum atomic E-state index is -0.188. The Kier molecular flexibility index (Phi) is 4.81. The molecule has 2 aliphatic heterocycles. The summed E-state index contributed by atoms with van der Waals surface area (Å²) in [5, 5.41) is 3.97. The predicted molar refractivity (Wildman–Crippen MR) is 115 cm³/mol. The monoisotopic (exact) mass is 449 g/mol. The molecular weight excluding hydrogens is 422 g/mol. The second-order valence-corrected chi connectivity index (χ2v) is 9.98. The number of piperidine rings is 1. The van der Waals surface area contributed by atoms with Gasteiger partial charge in [0.15, 0.2) is 5.76 Å². The molecule has 172 valence electrons. The first-order valence-electron chi connectivity index (χ1n) is 11.9. The third kappa shape index (κ3) is 3.28. The maximum Gasteiger partial charge on any atom is 0.242 e. The van der Waals surface area contributed by atoms with E-state index in [9.17, 15) is 14.4 Å². The molecule has 2 aromatic rings. The van der Waals surface area contributed by atoms with Crippen LogP contribution in [0.5, 0.6) is 0 Å². The molecule has 6 rings (SSSR count). The lowest BCUT2D eigenvalue weighted by molar-refractivity contribution is -0.147. The largest absolute Gasteiger partial charge is 0.356 e. The normalized spacial score (nSPS) is 30.9. The van der Waals surface area contributed by atoms with Gasteiger partial charge in [0.05, 0.1) is 28.8 Å². The fourth-order valence-corrected chi connectivity index (χ4v) is 6.63. The first-order chi connectivity index (χ1) is 16.0. The SMILES string of the molecule is Cc1cc(-c2cncnc2[C@@H]2CCCN(C(=O)CN3C(=O)[C@@H]4[C@H]5CC[C@@H](C5)[C@H]4C3=O)C2)on1. The molecule has 3 amide bonds. The van der Waals surface area contributed by atoms with Crippen LogP contribution in [0.2, 0.25) is 0 Å². The molecular formula is C24H27N5O4. The van der Waals surface area contributed by atoms with E-state index in [2.05, 4.69) is 15.1 Å². The third-order valence-corrected chi connectivity index (χ3v) is 8.11. The Hall–Kier alpha value is -3.10. The van der Waals surface area contributed by atoms with E-state index in [0.717, 1.165) is 49.1 Å². The number of amides is 3. The number of likely N-dealkylation sites (tertiary alicyclic amines) is 2. The van der Waals surface area contributed by atoms with Gasteiger partial charge in [0.25, 0.3) is 0 Å². The molecule has 4 aliphatic rings. The molecule has 0 radical (unpaired) electrons. The van der Waals surface area contributed by atoms with E-state index in [0.29, 0.717) is 30.7 Å². The van der Waals surface area contributed by atoms with Crippen LogP contribution in [-0.2, 0) is 14.4 Å². The zero-order chi connectivity index (χ0) is 22.7. The van der Waals surface area contributed by atoms with E-state index in [1.165, 1.54) is 11.2 Å². The molecule has 4 heterocycles. The fraction of sp³-hybridized carbons (Fsp3) is 0.583. The van der Waals surface area contributed by atoms with Gasteiger partial charge in [0.2, 0.25) is 17.7 Å². The van der Waals surface area contributed by atoms with Crippen LogP contribution in [0, 0.1) is 30.6 Å². The molecule has 0 spiro atoms. The van der Waals surface area contributed by atoms with Crippen molar-refractivity contribution in [1.29, 1.82) is 0 Å². The lowest BCUT2D eigenvalue weighted by Crippen LogP contribution is -2.46. The topological polar surface area (TPSA) is 110 Å². The van der Waals surface area contributed by atoms with Gasteiger partial charge in [0.1, 0.15) is 12.9 Å². The fourth-order valence-electron chi connectivity index (χ4n) is 6.63. The maximum atomic E-state index is 13.2. The summed E-state index contributed by atoms with van der Waals surface area (Å²) >= 11 is 0. The van der Waals surface area contributed by atoms with Crippen LogP contribution in [0.3, 0.4) is 0 Å². The van der Waals surface area contributed by atoms with Crippen molar-refractivity contribution in [2.75, 3.05) is 19.6 Å². The van der Waals surface area contributed by atoms with Crippen LogP contribution in [0.15, 0.2) is 23.1 Å². The van der Waals surface area contributed by atoms with Crippen LogP contribution in [-0.4, -0.2) is 62.3 Å². The minimum Gasteiger partial charge on any atom is -0.356 e. The van der Waals surface area contributed by atoms with E-state index in [1.807, 2.05) is 13.0 Å². The highest BCUT2D eigenvalue weighted by Gasteiger charge is 2.61. The van der Waals surface area contributed by atoms with Crippen molar-refractivity contribution in [3.63, 3.8) is 0 Å².